The van der Waals surface area contributed by atoms with Crippen LogP contribution in [0.1, 0.15) is 18.9 Å². The lowest BCUT2D eigenvalue weighted by Gasteiger charge is -2.26. The van der Waals surface area contributed by atoms with Crippen LogP contribution in [0, 0.1) is 0 Å². The van der Waals surface area contributed by atoms with E-state index in [1.54, 1.807) is 25.1 Å². The van der Waals surface area contributed by atoms with Crippen molar-refractivity contribution in [1.82, 2.24) is 4.90 Å². The van der Waals surface area contributed by atoms with Crippen molar-refractivity contribution >= 4 is 33.3 Å². The maximum atomic E-state index is 12.3. The summed E-state index contributed by atoms with van der Waals surface area (Å²) >= 11 is 5.92. The van der Waals surface area contributed by atoms with Gasteiger partial charge in [0, 0.05) is 23.2 Å². The molecule has 0 unspecified atom stereocenters. The van der Waals surface area contributed by atoms with E-state index in [0.717, 1.165) is 0 Å². The van der Waals surface area contributed by atoms with Crippen molar-refractivity contribution in [3.8, 4) is 5.75 Å². The van der Waals surface area contributed by atoms with Crippen LogP contribution in [0.2, 0.25) is 5.02 Å². The Bertz CT molecular complexity index is 779. The van der Waals surface area contributed by atoms with Gasteiger partial charge in [-0.15, -0.1) is 0 Å². The molecule has 0 aromatic heterocycles. The Kier molecular flexibility index (Phi) is 6.88. The smallest absolute Gasteiger partial charge is 0.310 e. The van der Waals surface area contributed by atoms with Crippen molar-refractivity contribution in [2.24, 2.45) is 0 Å². The quantitative estimate of drug-likeness (QED) is 0.640. The maximum absolute atomic E-state index is 12.3. The minimum Gasteiger partial charge on any atom is -0.496 e. The maximum Gasteiger partial charge on any atom is 0.310 e. The second-order valence-electron chi connectivity index (χ2n) is 6.03. The minimum absolute atomic E-state index is 0.0414. The molecule has 0 bridgehead atoms. The molecule has 144 valence electrons. The van der Waals surface area contributed by atoms with Crippen LogP contribution in [0.25, 0.3) is 0 Å². The Balaban J connectivity index is 1.92. The van der Waals surface area contributed by atoms with Crippen LogP contribution in [-0.4, -0.2) is 63.0 Å². The molecule has 1 aromatic carbocycles. The highest BCUT2D eigenvalue weighted by Gasteiger charge is 2.34. The molecular formula is C17H22ClNO6S. The summed E-state index contributed by atoms with van der Waals surface area (Å²) in [6.45, 7) is 1.70. The number of likely N-dealkylation sites (N-methyl/N-ethyl adjacent to an activating group) is 1. The lowest BCUT2D eigenvalue weighted by Crippen LogP contribution is -2.43. The summed E-state index contributed by atoms with van der Waals surface area (Å²) in [7, 11) is -1.61. The molecule has 1 heterocycles. The van der Waals surface area contributed by atoms with Gasteiger partial charge in [0.05, 0.1) is 25.0 Å². The number of ether oxygens (including phenoxy) is 2. The Morgan fingerprint density at radius 3 is 2.65 bits per heavy atom. The number of rotatable bonds is 7. The van der Waals surface area contributed by atoms with Gasteiger partial charge in [-0.3, -0.25) is 9.59 Å². The van der Waals surface area contributed by atoms with Gasteiger partial charge in [-0.2, -0.15) is 0 Å². The Labute approximate surface area is 158 Å². The average molecular weight is 404 g/mol. The molecule has 0 saturated carbocycles. The van der Waals surface area contributed by atoms with Gasteiger partial charge in [0.15, 0.2) is 16.4 Å². The molecule has 2 rings (SSSR count). The van der Waals surface area contributed by atoms with E-state index in [4.69, 9.17) is 21.1 Å². The summed E-state index contributed by atoms with van der Waals surface area (Å²) in [4.78, 5) is 25.8. The van der Waals surface area contributed by atoms with E-state index >= 15 is 0 Å². The minimum atomic E-state index is -3.10. The molecule has 1 aromatic rings. The van der Waals surface area contributed by atoms with Crippen LogP contribution in [0.5, 0.6) is 5.75 Å². The van der Waals surface area contributed by atoms with Crippen molar-refractivity contribution in [2.75, 3.05) is 31.8 Å². The summed E-state index contributed by atoms with van der Waals surface area (Å²) in [6.07, 6.45) is 0.330. The van der Waals surface area contributed by atoms with Crippen molar-refractivity contribution in [3.63, 3.8) is 0 Å². The van der Waals surface area contributed by atoms with E-state index < -0.39 is 28.3 Å². The lowest BCUT2D eigenvalue weighted by atomic mass is 10.1. The van der Waals surface area contributed by atoms with Crippen molar-refractivity contribution in [3.05, 3.63) is 28.8 Å². The van der Waals surface area contributed by atoms with Gasteiger partial charge in [0.1, 0.15) is 5.75 Å². The second kappa shape index (κ2) is 8.73. The number of amides is 1. The van der Waals surface area contributed by atoms with E-state index in [2.05, 4.69) is 0 Å². The highest BCUT2D eigenvalue weighted by atomic mass is 35.5. The Hall–Kier alpha value is -1.80. The van der Waals surface area contributed by atoms with E-state index in [1.807, 2.05) is 0 Å². The molecule has 1 aliphatic rings. The third kappa shape index (κ3) is 5.35. The van der Waals surface area contributed by atoms with Crippen LogP contribution < -0.4 is 4.74 Å². The predicted octanol–water partition coefficient (Wildman–Crippen LogP) is 1.47. The molecule has 0 radical (unpaired) electrons. The molecule has 26 heavy (non-hydrogen) atoms. The summed E-state index contributed by atoms with van der Waals surface area (Å²) in [5, 5.41) is 0.462. The number of nitrogens with zero attached hydrogens (tertiary/aromatic N) is 1. The molecule has 0 aliphatic carbocycles. The molecule has 1 fully saturated rings. The summed E-state index contributed by atoms with van der Waals surface area (Å²) in [6, 6.07) is 4.54. The van der Waals surface area contributed by atoms with Gasteiger partial charge in [-0.1, -0.05) is 11.6 Å². The number of esters is 1. The van der Waals surface area contributed by atoms with E-state index in [-0.39, 0.29) is 24.0 Å². The molecule has 7 nitrogen and oxygen atoms in total. The first-order valence-corrected chi connectivity index (χ1v) is 10.4. The molecule has 0 N–H and O–H groups in total. The Morgan fingerprint density at radius 2 is 2.08 bits per heavy atom. The number of hydrogen-bond acceptors (Lipinski definition) is 6. The summed E-state index contributed by atoms with van der Waals surface area (Å²) in [5.41, 5.74) is 0.562. The summed E-state index contributed by atoms with van der Waals surface area (Å²) < 4.78 is 33.4. The van der Waals surface area contributed by atoms with Crippen LogP contribution in [0.4, 0.5) is 0 Å². The molecule has 1 saturated heterocycles. The van der Waals surface area contributed by atoms with Crippen LogP contribution >= 0.6 is 11.6 Å². The van der Waals surface area contributed by atoms with Gasteiger partial charge in [-0.25, -0.2) is 8.42 Å². The highest BCUT2D eigenvalue weighted by Crippen LogP contribution is 2.23. The van der Waals surface area contributed by atoms with Gasteiger partial charge in [0.2, 0.25) is 0 Å². The van der Waals surface area contributed by atoms with Crippen molar-refractivity contribution in [2.45, 2.75) is 25.8 Å². The fourth-order valence-electron chi connectivity index (χ4n) is 2.98. The topological polar surface area (TPSA) is 90.0 Å². The zero-order valence-corrected chi connectivity index (χ0v) is 16.3. The molecule has 0 spiro atoms. The average Bonchev–Trinajstić information content (AvgIpc) is 2.93. The Morgan fingerprint density at radius 1 is 1.35 bits per heavy atom. The van der Waals surface area contributed by atoms with Gasteiger partial charge in [-0.05, 0) is 31.5 Å². The van der Waals surface area contributed by atoms with Gasteiger partial charge >= 0.3 is 5.97 Å². The first-order valence-electron chi connectivity index (χ1n) is 8.23. The number of sulfone groups is 1. The number of carbonyl (C=O) groups excluding carboxylic acids is 2. The largest absolute Gasteiger partial charge is 0.496 e. The normalized spacial score (nSPS) is 18.3. The van der Waals surface area contributed by atoms with Gasteiger partial charge in [0.25, 0.3) is 5.91 Å². The molecule has 9 heteroatoms. The zero-order valence-electron chi connectivity index (χ0n) is 14.7. The number of halogens is 1. The number of benzene rings is 1. The van der Waals surface area contributed by atoms with Crippen molar-refractivity contribution in [1.29, 1.82) is 0 Å². The fraction of sp³-hybridized carbons (Fsp3) is 0.529. The van der Waals surface area contributed by atoms with E-state index in [1.165, 1.54) is 12.0 Å². The fourth-order valence-corrected chi connectivity index (χ4v) is 4.90. The molecule has 1 amide bonds. The van der Waals surface area contributed by atoms with Gasteiger partial charge < -0.3 is 14.4 Å². The summed E-state index contributed by atoms with van der Waals surface area (Å²) in [5.74, 6) is -0.449. The van der Waals surface area contributed by atoms with Crippen LogP contribution in [0.3, 0.4) is 0 Å². The van der Waals surface area contributed by atoms with Crippen LogP contribution in [0.15, 0.2) is 18.2 Å². The predicted molar refractivity (Wildman–Crippen MR) is 97.1 cm³/mol. The molecule has 1 atom stereocenters. The van der Waals surface area contributed by atoms with Crippen LogP contribution in [-0.2, 0) is 30.6 Å². The van der Waals surface area contributed by atoms with E-state index in [9.17, 15) is 18.0 Å². The van der Waals surface area contributed by atoms with E-state index in [0.29, 0.717) is 29.3 Å². The first-order chi connectivity index (χ1) is 12.3. The van der Waals surface area contributed by atoms with Crippen molar-refractivity contribution < 1.29 is 27.5 Å². The SMILES string of the molecule is CCN(C(=O)COC(=O)Cc1cc(Cl)ccc1OC)[C@H]1CCS(=O)(=O)C1. The third-order valence-electron chi connectivity index (χ3n) is 4.24. The third-order valence-corrected chi connectivity index (χ3v) is 6.23. The number of carbonyl (C=O) groups is 2. The standard InChI is InChI=1S/C17H22ClNO6S/c1-3-19(14-6-7-26(22,23)11-14)16(20)10-25-17(21)9-12-8-13(18)4-5-15(12)24-2/h4-5,8,14H,3,6-7,9-11H2,1-2H3/t14-/m0/s1. The number of hydrogen-bond donors (Lipinski definition) is 0. The number of methoxy groups -OCH3 is 1. The second-order valence-corrected chi connectivity index (χ2v) is 8.70. The first kappa shape index (κ1) is 20.5. The lowest BCUT2D eigenvalue weighted by molar-refractivity contribution is -0.152. The zero-order chi connectivity index (χ0) is 19.3. The molecule has 1 aliphatic heterocycles. The highest BCUT2D eigenvalue weighted by molar-refractivity contribution is 7.91. The molecular weight excluding hydrogens is 382 g/mol. The monoisotopic (exact) mass is 403 g/mol.